The van der Waals surface area contributed by atoms with Crippen LogP contribution < -0.4 is 4.46 Å². The van der Waals surface area contributed by atoms with Gasteiger partial charge < -0.3 is 0 Å². The molecule has 1 aromatic carbocycles. The van der Waals surface area contributed by atoms with Crippen LogP contribution >= 0.6 is 0 Å². The first-order valence-corrected chi connectivity index (χ1v) is 8.86. The summed E-state index contributed by atoms with van der Waals surface area (Å²) in [5, 5.41) is 0. The van der Waals surface area contributed by atoms with E-state index in [9.17, 15) is 9.59 Å². The number of benzene rings is 1. The van der Waals surface area contributed by atoms with E-state index in [0.717, 1.165) is 22.9 Å². The fourth-order valence-corrected chi connectivity index (χ4v) is 4.23. The van der Waals surface area contributed by atoms with Crippen LogP contribution in [0.15, 0.2) is 42.5 Å². The maximum absolute atomic E-state index is 12.4. The molecule has 0 saturated heterocycles. The van der Waals surface area contributed by atoms with Gasteiger partial charge in [-0.3, -0.25) is 0 Å². The van der Waals surface area contributed by atoms with Crippen molar-refractivity contribution in [2.45, 2.75) is 31.0 Å². The molecule has 1 unspecified atom stereocenters. The van der Waals surface area contributed by atoms with E-state index < -0.39 is 4.82 Å². The molecule has 0 fully saturated rings. The van der Waals surface area contributed by atoms with Gasteiger partial charge in [-0.25, -0.2) is 0 Å². The summed E-state index contributed by atoms with van der Waals surface area (Å²) in [5.74, 6) is -0.0296. The third-order valence-corrected chi connectivity index (χ3v) is 5.59. The van der Waals surface area contributed by atoms with Gasteiger partial charge in [0, 0.05) is 0 Å². The van der Waals surface area contributed by atoms with Crippen molar-refractivity contribution < 1.29 is 9.59 Å². The normalized spacial score (nSPS) is 11.8. The number of nitrogens with zero attached hydrogens (tertiary/aromatic N) is 1. The second-order valence-corrected chi connectivity index (χ2v) is 7.79. The summed E-state index contributed by atoms with van der Waals surface area (Å²) >= 11 is -0.164. The third kappa shape index (κ3) is 6.28. The van der Waals surface area contributed by atoms with Crippen molar-refractivity contribution in [3.63, 3.8) is 0 Å². The van der Waals surface area contributed by atoms with Gasteiger partial charge in [-0.1, -0.05) is 0 Å². The van der Waals surface area contributed by atoms with E-state index in [1.165, 1.54) is 4.90 Å². The number of amides is 1. The second-order valence-electron chi connectivity index (χ2n) is 5.32. The predicted octanol–water partition coefficient (Wildman–Crippen LogP) is 2.21. The quantitative estimate of drug-likeness (QED) is 0.409. The van der Waals surface area contributed by atoms with Crippen LogP contribution in [0.25, 0.3) is 0 Å². The number of carbonyl (C=O) groups is 2. The van der Waals surface area contributed by atoms with Crippen LogP contribution in [0.3, 0.4) is 0 Å². The summed E-state index contributed by atoms with van der Waals surface area (Å²) in [6.45, 7) is 5.80. The van der Waals surface area contributed by atoms with Gasteiger partial charge in [0.05, 0.1) is 0 Å². The molecule has 1 aromatic rings. The zero-order chi connectivity index (χ0) is 15.8. The number of Topliss-reactive ketones (excluding diaryl/α,β-unsaturated/α-hetero) is 1. The molecule has 0 aliphatic carbocycles. The molecule has 1 atom stereocenters. The van der Waals surface area contributed by atoms with Crippen LogP contribution in [0.4, 0.5) is 0 Å². The molecule has 114 valence electrons. The predicted molar refractivity (Wildman–Crippen MR) is 87.9 cm³/mol. The maximum atomic E-state index is 12.4. The molecule has 0 bridgehead atoms. The number of allylic oxidation sites excluding steroid dienone is 1. The van der Waals surface area contributed by atoms with Crippen LogP contribution in [0, 0.1) is 0 Å². The van der Waals surface area contributed by atoms with E-state index >= 15 is 0 Å². The molecular formula is C17H23NO2Se. The number of hydrogen-bond donors (Lipinski definition) is 0. The van der Waals surface area contributed by atoms with Gasteiger partial charge in [-0.2, -0.15) is 0 Å². The van der Waals surface area contributed by atoms with Gasteiger partial charge >= 0.3 is 133 Å². The van der Waals surface area contributed by atoms with E-state index in [1.54, 1.807) is 14.1 Å². The Morgan fingerprint density at radius 1 is 1.19 bits per heavy atom. The molecule has 0 heterocycles. The first kappa shape index (κ1) is 17.7. The van der Waals surface area contributed by atoms with Crippen molar-refractivity contribution in [3.8, 4) is 0 Å². The molecule has 3 nitrogen and oxygen atoms in total. The van der Waals surface area contributed by atoms with Crippen molar-refractivity contribution in [1.82, 2.24) is 4.90 Å². The Bertz CT molecular complexity index is 497. The summed E-state index contributed by atoms with van der Waals surface area (Å²) in [7, 11) is 3.41. The van der Waals surface area contributed by atoms with Crippen LogP contribution in [-0.4, -0.2) is 45.6 Å². The minimum absolute atomic E-state index is 0.0544. The van der Waals surface area contributed by atoms with Gasteiger partial charge in [0.15, 0.2) is 0 Å². The zero-order valence-electron chi connectivity index (χ0n) is 13.0. The topological polar surface area (TPSA) is 37.4 Å². The van der Waals surface area contributed by atoms with Crippen molar-refractivity contribution >= 4 is 31.1 Å². The van der Waals surface area contributed by atoms with E-state index in [0.29, 0.717) is 6.42 Å². The molecule has 0 spiro atoms. The molecule has 4 heteroatoms. The van der Waals surface area contributed by atoms with Gasteiger partial charge in [0.25, 0.3) is 0 Å². The van der Waals surface area contributed by atoms with Gasteiger partial charge in [-0.15, -0.1) is 0 Å². The number of carbonyl (C=O) groups excluding carboxylic acids is 2. The van der Waals surface area contributed by atoms with Crippen molar-refractivity contribution in [2.24, 2.45) is 0 Å². The van der Waals surface area contributed by atoms with E-state index in [1.807, 2.05) is 37.3 Å². The van der Waals surface area contributed by atoms with Gasteiger partial charge in [0.1, 0.15) is 0 Å². The fourth-order valence-electron chi connectivity index (χ4n) is 1.82. The molecule has 21 heavy (non-hydrogen) atoms. The average molecular weight is 352 g/mol. The van der Waals surface area contributed by atoms with Gasteiger partial charge in [0.2, 0.25) is 0 Å². The van der Waals surface area contributed by atoms with Crippen molar-refractivity contribution in [3.05, 3.63) is 42.5 Å². The Labute approximate surface area is 133 Å². The monoisotopic (exact) mass is 353 g/mol. The average Bonchev–Trinajstić information content (AvgIpc) is 2.44. The first-order chi connectivity index (χ1) is 9.91. The van der Waals surface area contributed by atoms with E-state index in [-0.39, 0.29) is 26.6 Å². The second kappa shape index (κ2) is 8.81. The van der Waals surface area contributed by atoms with Crippen LogP contribution in [-0.2, 0) is 9.59 Å². The van der Waals surface area contributed by atoms with Crippen LogP contribution in [0.5, 0.6) is 0 Å². The SMILES string of the molecule is C=C(C)CCCC(=O)C([Se]c1ccccc1)C(=O)N(C)C. The summed E-state index contributed by atoms with van der Waals surface area (Å²) in [6.07, 6.45) is 2.06. The summed E-state index contributed by atoms with van der Waals surface area (Å²) in [5.41, 5.74) is 1.08. The number of ketones is 1. The molecule has 0 aliphatic heterocycles. The van der Waals surface area contributed by atoms with E-state index in [4.69, 9.17) is 0 Å². The molecule has 0 N–H and O–H groups in total. The van der Waals surface area contributed by atoms with Crippen molar-refractivity contribution in [2.75, 3.05) is 14.1 Å². The van der Waals surface area contributed by atoms with Crippen LogP contribution in [0.1, 0.15) is 26.2 Å². The molecule has 1 rings (SSSR count). The number of hydrogen-bond acceptors (Lipinski definition) is 2. The summed E-state index contributed by atoms with van der Waals surface area (Å²) in [6, 6.07) is 9.80. The molecule has 0 aliphatic rings. The van der Waals surface area contributed by atoms with E-state index in [2.05, 4.69) is 6.58 Å². The molecule has 0 aromatic heterocycles. The summed E-state index contributed by atoms with van der Waals surface area (Å²) in [4.78, 5) is 25.7. The minimum atomic E-state index is -0.514. The number of rotatable bonds is 8. The molecular weight excluding hydrogens is 329 g/mol. The fraction of sp³-hybridized carbons (Fsp3) is 0.412. The molecule has 0 radical (unpaired) electrons. The Balaban J connectivity index is 2.75. The third-order valence-electron chi connectivity index (χ3n) is 2.98. The molecule has 0 saturated carbocycles. The zero-order valence-corrected chi connectivity index (χ0v) is 14.7. The Kier molecular flexibility index (Phi) is 7.41. The summed E-state index contributed by atoms with van der Waals surface area (Å²) < 4.78 is 1.08. The van der Waals surface area contributed by atoms with Crippen LogP contribution in [0.2, 0.25) is 4.82 Å². The Morgan fingerprint density at radius 2 is 1.81 bits per heavy atom. The molecule has 1 amide bonds. The standard InChI is InChI=1S/C17H23NO2Se/c1-13(2)9-8-12-15(19)16(17(20)18(3)4)21-14-10-6-5-7-11-14/h5-7,10-11,16H,1,8-9,12H2,2-4H3. The first-order valence-electron chi connectivity index (χ1n) is 7.01. The Hall–Kier alpha value is -1.38. The van der Waals surface area contributed by atoms with Gasteiger partial charge in [-0.05, 0) is 0 Å². The Morgan fingerprint density at radius 3 is 2.33 bits per heavy atom. The van der Waals surface area contributed by atoms with Crippen molar-refractivity contribution in [1.29, 1.82) is 0 Å².